The van der Waals surface area contributed by atoms with Crippen molar-refractivity contribution >= 4 is 6.03 Å². The minimum atomic E-state index is 0.0916. The zero-order chi connectivity index (χ0) is 10.1. The molecule has 1 unspecified atom stereocenters. The summed E-state index contributed by atoms with van der Waals surface area (Å²) in [5, 5.41) is 3.06. The van der Waals surface area contributed by atoms with Gasteiger partial charge in [-0.25, -0.2) is 4.79 Å². The van der Waals surface area contributed by atoms with E-state index >= 15 is 0 Å². The third-order valence-corrected chi connectivity index (χ3v) is 3.46. The van der Waals surface area contributed by atoms with Crippen LogP contribution < -0.4 is 5.32 Å². The quantitative estimate of drug-likeness (QED) is 0.658. The van der Waals surface area contributed by atoms with Crippen LogP contribution in [0.4, 0.5) is 4.79 Å². The molecular formula is C10H19N3O. The van der Waals surface area contributed by atoms with Crippen LogP contribution in [0.15, 0.2) is 0 Å². The lowest BCUT2D eigenvalue weighted by molar-refractivity contribution is 0.192. The molecule has 14 heavy (non-hydrogen) atoms. The molecule has 2 rings (SSSR count). The highest BCUT2D eigenvalue weighted by Crippen LogP contribution is 2.22. The first-order valence-electron chi connectivity index (χ1n) is 5.37. The van der Waals surface area contributed by atoms with Crippen LogP contribution in [0.2, 0.25) is 0 Å². The highest BCUT2D eigenvalue weighted by Gasteiger charge is 2.33. The fourth-order valence-corrected chi connectivity index (χ4v) is 2.39. The third kappa shape index (κ3) is 1.85. The number of amides is 2. The van der Waals surface area contributed by atoms with Crippen LogP contribution in [-0.4, -0.2) is 55.6 Å². The van der Waals surface area contributed by atoms with Gasteiger partial charge in [-0.3, -0.25) is 0 Å². The molecule has 0 spiro atoms. The molecule has 0 saturated carbocycles. The maximum atomic E-state index is 11.3. The van der Waals surface area contributed by atoms with Gasteiger partial charge in [-0.05, 0) is 38.9 Å². The molecule has 2 fully saturated rings. The van der Waals surface area contributed by atoms with Gasteiger partial charge in [0.1, 0.15) is 0 Å². The largest absolute Gasteiger partial charge is 0.333 e. The van der Waals surface area contributed by atoms with Crippen molar-refractivity contribution in [3.63, 3.8) is 0 Å². The number of carbonyl (C=O) groups excluding carboxylic acids is 1. The van der Waals surface area contributed by atoms with Gasteiger partial charge in [0, 0.05) is 13.6 Å². The van der Waals surface area contributed by atoms with E-state index < -0.39 is 0 Å². The Morgan fingerprint density at radius 1 is 1.29 bits per heavy atom. The summed E-state index contributed by atoms with van der Waals surface area (Å²) in [7, 11) is 4.03. The van der Waals surface area contributed by atoms with E-state index in [0.29, 0.717) is 12.0 Å². The molecule has 0 aliphatic carbocycles. The molecule has 0 bridgehead atoms. The van der Waals surface area contributed by atoms with Crippen molar-refractivity contribution in [1.29, 1.82) is 0 Å². The van der Waals surface area contributed by atoms with Crippen molar-refractivity contribution in [3.8, 4) is 0 Å². The van der Waals surface area contributed by atoms with E-state index in [2.05, 4.69) is 17.3 Å². The lowest BCUT2D eigenvalue weighted by atomic mass is 9.90. The Morgan fingerprint density at radius 3 is 2.43 bits per heavy atom. The predicted molar refractivity (Wildman–Crippen MR) is 55.2 cm³/mol. The molecule has 0 aromatic rings. The van der Waals surface area contributed by atoms with Gasteiger partial charge < -0.3 is 15.1 Å². The van der Waals surface area contributed by atoms with Crippen LogP contribution in [0.25, 0.3) is 0 Å². The van der Waals surface area contributed by atoms with Gasteiger partial charge in [-0.15, -0.1) is 0 Å². The van der Waals surface area contributed by atoms with Crippen molar-refractivity contribution in [2.24, 2.45) is 5.92 Å². The first kappa shape index (κ1) is 9.77. The highest BCUT2D eigenvalue weighted by molar-refractivity contribution is 5.76. The minimum Gasteiger partial charge on any atom is -0.333 e. The Balaban J connectivity index is 1.88. The molecule has 0 radical (unpaired) electrons. The standard InChI is InChI=1S/C10H19N3O/c1-12-5-3-8(4-6-12)9-7-13(2)10(14)11-9/h8-9H,3-7H2,1-2H3,(H,11,14). The molecule has 1 atom stereocenters. The van der Waals surface area contributed by atoms with Crippen LogP contribution >= 0.6 is 0 Å². The molecule has 0 aromatic carbocycles. The summed E-state index contributed by atoms with van der Waals surface area (Å²) >= 11 is 0. The number of likely N-dealkylation sites (tertiary alicyclic amines) is 1. The summed E-state index contributed by atoms with van der Waals surface area (Å²) in [6, 6.07) is 0.482. The average molecular weight is 197 g/mol. The zero-order valence-electron chi connectivity index (χ0n) is 8.99. The Morgan fingerprint density at radius 2 is 1.93 bits per heavy atom. The number of carbonyl (C=O) groups is 1. The second kappa shape index (κ2) is 3.77. The number of rotatable bonds is 1. The van der Waals surface area contributed by atoms with Gasteiger partial charge >= 0.3 is 6.03 Å². The van der Waals surface area contributed by atoms with Gasteiger partial charge in [0.05, 0.1) is 6.04 Å². The number of nitrogens with one attached hydrogen (secondary N) is 1. The van der Waals surface area contributed by atoms with Crippen LogP contribution in [0.3, 0.4) is 0 Å². The van der Waals surface area contributed by atoms with Crippen molar-refractivity contribution in [3.05, 3.63) is 0 Å². The molecule has 0 aromatic heterocycles. The van der Waals surface area contributed by atoms with Gasteiger partial charge in [0.2, 0.25) is 0 Å². The number of likely N-dealkylation sites (N-methyl/N-ethyl adjacent to an activating group) is 1. The fourth-order valence-electron chi connectivity index (χ4n) is 2.39. The van der Waals surface area contributed by atoms with Gasteiger partial charge in [-0.2, -0.15) is 0 Å². The van der Waals surface area contributed by atoms with Crippen molar-refractivity contribution < 1.29 is 4.79 Å². The zero-order valence-corrected chi connectivity index (χ0v) is 8.99. The second-order valence-corrected chi connectivity index (χ2v) is 4.58. The predicted octanol–water partition coefficient (Wildman–Crippen LogP) is 0.352. The van der Waals surface area contributed by atoms with Gasteiger partial charge in [-0.1, -0.05) is 0 Å². The van der Waals surface area contributed by atoms with Crippen molar-refractivity contribution in [1.82, 2.24) is 15.1 Å². The summed E-state index contributed by atoms with van der Waals surface area (Å²) in [6.07, 6.45) is 2.44. The van der Waals surface area contributed by atoms with E-state index in [0.717, 1.165) is 6.54 Å². The van der Waals surface area contributed by atoms with E-state index in [-0.39, 0.29) is 6.03 Å². The Labute approximate surface area is 85.2 Å². The average Bonchev–Trinajstić information content (AvgIpc) is 2.48. The Hall–Kier alpha value is -0.770. The van der Waals surface area contributed by atoms with Crippen LogP contribution in [0.5, 0.6) is 0 Å². The molecule has 80 valence electrons. The highest BCUT2D eigenvalue weighted by atomic mass is 16.2. The molecule has 2 heterocycles. The summed E-state index contributed by atoms with van der Waals surface area (Å²) in [5.41, 5.74) is 0. The Kier molecular flexibility index (Phi) is 2.63. The molecular weight excluding hydrogens is 178 g/mol. The van der Waals surface area contributed by atoms with E-state index in [1.807, 2.05) is 7.05 Å². The number of hydrogen-bond acceptors (Lipinski definition) is 2. The molecule has 2 saturated heterocycles. The lowest BCUT2D eigenvalue weighted by Crippen LogP contribution is -2.41. The molecule has 4 nitrogen and oxygen atoms in total. The van der Waals surface area contributed by atoms with Crippen LogP contribution in [-0.2, 0) is 0 Å². The minimum absolute atomic E-state index is 0.0916. The normalized spacial score (nSPS) is 30.9. The summed E-state index contributed by atoms with van der Waals surface area (Å²) in [4.78, 5) is 15.4. The molecule has 2 amide bonds. The van der Waals surface area contributed by atoms with Gasteiger partial charge in [0.25, 0.3) is 0 Å². The Bertz CT molecular complexity index is 223. The molecule has 2 aliphatic heterocycles. The third-order valence-electron chi connectivity index (χ3n) is 3.46. The smallest absolute Gasteiger partial charge is 0.317 e. The first-order valence-corrected chi connectivity index (χ1v) is 5.37. The molecule has 2 aliphatic rings. The fraction of sp³-hybridized carbons (Fsp3) is 0.900. The monoisotopic (exact) mass is 197 g/mol. The number of urea groups is 1. The second-order valence-electron chi connectivity index (χ2n) is 4.58. The maximum absolute atomic E-state index is 11.3. The van der Waals surface area contributed by atoms with E-state index in [1.165, 1.54) is 25.9 Å². The summed E-state index contributed by atoms with van der Waals surface area (Å²) in [5.74, 6) is 0.681. The molecule has 4 heteroatoms. The van der Waals surface area contributed by atoms with Crippen molar-refractivity contribution in [2.75, 3.05) is 33.7 Å². The van der Waals surface area contributed by atoms with E-state index in [4.69, 9.17) is 0 Å². The lowest BCUT2D eigenvalue weighted by Gasteiger charge is -2.32. The SMILES string of the molecule is CN1CCC(C2CN(C)C(=O)N2)CC1. The van der Waals surface area contributed by atoms with Crippen LogP contribution in [0.1, 0.15) is 12.8 Å². The summed E-state index contributed by atoms with van der Waals surface area (Å²) < 4.78 is 0. The van der Waals surface area contributed by atoms with E-state index in [1.54, 1.807) is 4.90 Å². The number of hydrogen-bond donors (Lipinski definition) is 1. The topological polar surface area (TPSA) is 35.6 Å². The number of piperidine rings is 1. The van der Waals surface area contributed by atoms with Crippen molar-refractivity contribution in [2.45, 2.75) is 18.9 Å². The maximum Gasteiger partial charge on any atom is 0.317 e. The van der Waals surface area contributed by atoms with Gasteiger partial charge in [0.15, 0.2) is 0 Å². The first-order chi connectivity index (χ1) is 6.66. The van der Waals surface area contributed by atoms with Crippen LogP contribution in [0, 0.1) is 5.92 Å². The number of nitrogens with zero attached hydrogens (tertiary/aromatic N) is 2. The summed E-state index contributed by atoms with van der Waals surface area (Å²) in [6.45, 7) is 3.22. The van der Waals surface area contributed by atoms with E-state index in [9.17, 15) is 4.79 Å². The molecule has 1 N–H and O–H groups in total.